The fourth-order valence-corrected chi connectivity index (χ4v) is 2.88. The number of piperidine rings is 1. The molecule has 1 aromatic carbocycles. The maximum Gasteiger partial charge on any atom is 0.159 e. The zero-order valence-corrected chi connectivity index (χ0v) is 12.2. The van der Waals surface area contributed by atoms with E-state index in [0.717, 1.165) is 38.2 Å². The molecule has 2 nitrogen and oxygen atoms in total. The molecule has 1 saturated heterocycles. The van der Waals surface area contributed by atoms with E-state index in [1.165, 1.54) is 25.0 Å². The molecule has 0 saturated carbocycles. The van der Waals surface area contributed by atoms with Crippen LogP contribution in [0.15, 0.2) is 18.2 Å². The van der Waals surface area contributed by atoms with Gasteiger partial charge in [0.1, 0.15) is 0 Å². The maximum absolute atomic E-state index is 13.3. The van der Waals surface area contributed by atoms with Crippen molar-refractivity contribution in [3.63, 3.8) is 0 Å². The molecule has 1 aromatic rings. The fraction of sp³-hybridized carbons (Fsp3) is 0.625. The molecule has 0 amide bonds. The van der Waals surface area contributed by atoms with Gasteiger partial charge in [0.05, 0.1) is 0 Å². The first kappa shape index (κ1) is 15.4. The predicted octanol–water partition coefficient (Wildman–Crippen LogP) is 3.18. The molecule has 1 heterocycles. The van der Waals surface area contributed by atoms with Crippen LogP contribution in [-0.4, -0.2) is 31.1 Å². The van der Waals surface area contributed by atoms with Crippen molar-refractivity contribution in [1.29, 1.82) is 0 Å². The van der Waals surface area contributed by atoms with Gasteiger partial charge in [-0.25, -0.2) is 8.78 Å². The van der Waals surface area contributed by atoms with Crippen LogP contribution in [0.5, 0.6) is 0 Å². The summed E-state index contributed by atoms with van der Waals surface area (Å²) < 4.78 is 26.2. The maximum atomic E-state index is 13.3. The summed E-state index contributed by atoms with van der Waals surface area (Å²) in [5, 5.41) is 3.37. The lowest BCUT2D eigenvalue weighted by molar-refractivity contribution is 0.198. The van der Waals surface area contributed by atoms with Crippen LogP contribution >= 0.6 is 0 Å². The van der Waals surface area contributed by atoms with Crippen LogP contribution in [0.1, 0.15) is 31.7 Å². The van der Waals surface area contributed by atoms with Gasteiger partial charge in [-0.15, -0.1) is 0 Å². The monoisotopic (exact) mass is 282 g/mol. The van der Waals surface area contributed by atoms with Crippen molar-refractivity contribution in [3.05, 3.63) is 35.4 Å². The van der Waals surface area contributed by atoms with Crippen LogP contribution < -0.4 is 5.32 Å². The summed E-state index contributed by atoms with van der Waals surface area (Å²) in [5.74, 6) is -0.803. The van der Waals surface area contributed by atoms with Crippen LogP contribution in [0.4, 0.5) is 8.78 Å². The quantitative estimate of drug-likeness (QED) is 0.862. The van der Waals surface area contributed by atoms with Crippen molar-refractivity contribution < 1.29 is 8.78 Å². The molecule has 0 bridgehead atoms. The topological polar surface area (TPSA) is 15.3 Å². The summed E-state index contributed by atoms with van der Waals surface area (Å²) in [4.78, 5) is 2.36. The van der Waals surface area contributed by atoms with Gasteiger partial charge in [-0.2, -0.15) is 0 Å². The summed E-state index contributed by atoms with van der Waals surface area (Å²) >= 11 is 0. The first-order valence-electron chi connectivity index (χ1n) is 7.56. The Morgan fingerprint density at radius 1 is 1.20 bits per heavy atom. The Morgan fingerprint density at radius 3 is 2.60 bits per heavy atom. The molecule has 1 aliphatic rings. The van der Waals surface area contributed by atoms with E-state index in [-0.39, 0.29) is 0 Å². The lowest BCUT2D eigenvalue weighted by Gasteiger charge is -2.30. The number of hydrogen-bond donors (Lipinski definition) is 1. The molecule has 0 atom stereocenters. The van der Waals surface area contributed by atoms with Crippen LogP contribution in [0.2, 0.25) is 0 Å². The van der Waals surface area contributed by atoms with E-state index in [2.05, 4.69) is 17.1 Å². The Morgan fingerprint density at radius 2 is 1.95 bits per heavy atom. The highest BCUT2D eigenvalue weighted by Crippen LogP contribution is 2.17. The van der Waals surface area contributed by atoms with Gasteiger partial charge in [0.25, 0.3) is 0 Å². The van der Waals surface area contributed by atoms with E-state index in [1.807, 2.05) is 0 Å². The smallest absolute Gasteiger partial charge is 0.159 e. The largest absolute Gasteiger partial charge is 0.317 e. The molecule has 1 N–H and O–H groups in total. The van der Waals surface area contributed by atoms with E-state index in [9.17, 15) is 8.78 Å². The second-order valence-corrected chi connectivity index (χ2v) is 5.68. The van der Waals surface area contributed by atoms with E-state index in [1.54, 1.807) is 6.07 Å². The molecule has 0 aromatic heterocycles. The third-order valence-electron chi connectivity index (χ3n) is 3.91. The molecule has 20 heavy (non-hydrogen) atoms. The Balaban J connectivity index is 1.94. The van der Waals surface area contributed by atoms with E-state index < -0.39 is 11.6 Å². The van der Waals surface area contributed by atoms with Gasteiger partial charge >= 0.3 is 0 Å². The highest BCUT2D eigenvalue weighted by Gasteiger charge is 2.17. The van der Waals surface area contributed by atoms with Gasteiger partial charge in [-0.1, -0.05) is 13.0 Å². The molecule has 4 heteroatoms. The number of halogens is 2. The summed E-state index contributed by atoms with van der Waals surface area (Å²) in [5.41, 5.74) is 0.853. The molecule has 1 fully saturated rings. The van der Waals surface area contributed by atoms with Gasteiger partial charge in [-0.3, -0.25) is 4.90 Å². The van der Waals surface area contributed by atoms with Crippen molar-refractivity contribution >= 4 is 0 Å². The van der Waals surface area contributed by atoms with Crippen molar-refractivity contribution in [2.24, 2.45) is 5.92 Å². The summed E-state index contributed by atoms with van der Waals surface area (Å²) in [6.45, 7) is 7.10. The normalized spacial score (nSPS) is 16.8. The zero-order chi connectivity index (χ0) is 14.4. The fourth-order valence-electron chi connectivity index (χ4n) is 2.88. The molecular formula is C16H24F2N2. The van der Waals surface area contributed by atoms with Crippen LogP contribution in [0.25, 0.3) is 0 Å². The second kappa shape index (κ2) is 7.70. The van der Waals surface area contributed by atoms with Gasteiger partial charge in [0.15, 0.2) is 11.6 Å². The highest BCUT2D eigenvalue weighted by molar-refractivity contribution is 5.17. The third-order valence-corrected chi connectivity index (χ3v) is 3.91. The van der Waals surface area contributed by atoms with Crippen LogP contribution in [-0.2, 0) is 6.54 Å². The van der Waals surface area contributed by atoms with Crippen LogP contribution in [0.3, 0.4) is 0 Å². The highest BCUT2D eigenvalue weighted by atomic mass is 19.2. The zero-order valence-electron chi connectivity index (χ0n) is 12.2. The standard InChI is InChI=1S/C16H24F2N2/c1-2-9-20(11-13-5-7-19-8-6-13)12-14-3-4-15(17)16(18)10-14/h3-4,10,13,19H,2,5-9,11-12H2,1H3. The van der Waals surface area contributed by atoms with E-state index in [4.69, 9.17) is 0 Å². The molecule has 0 spiro atoms. The molecule has 2 rings (SSSR count). The molecule has 0 radical (unpaired) electrons. The van der Waals surface area contributed by atoms with Gasteiger partial charge in [-0.05, 0) is 62.5 Å². The number of rotatable bonds is 6. The average Bonchev–Trinajstić information content (AvgIpc) is 2.44. The first-order valence-corrected chi connectivity index (χ1v) is 7.56. The SMILES string of the molecule is CCCN(Cc1ccc(F)c(F)c1)CC1CCNCC1. The number of benzene rings is 1. The first-order chi connectivity index (χ1) is 9.69. The minimum atomic E-state index is -0.769. The van der Waals surface area contributed by atoms with Crippen LogP contribution in [0, 0.1) is 17.6 Å². The van der Waals surface area contributed by atoms with E-state index in [0.29, 0.717) is 12.5 Å². The van der Waals surface area contributed by atoms with Gasteiger partial charge in [0, 0.05) is 13.1 Å². The van der Waals surface area contributed by atoms with Gasteiger partial charge in [0.2, 0.25) is 0 Å². The lowest BCUT2D eigenvalue weighted by Crippen LogP contribution is -2.36. The summed E-state index contributed by atoms with van der Waals surface area (Å²) in [7, 11) is 0. The summed E-state index contributed by atoms with van der Waals surface area (Å²) in [6, 6.07) is 4.23. The Labute approximate surface area is 120 Å². The van der Waals surface area contributed by atoms with Crippen molar-refractivity contribution in [2.75, 3.05) is 26.2 Å². The minimum absolute atomic E-state index is 0.703. The predicted molar refractivity (Wildman–Crippen MR) is 77.5 cm³/mol. The van der Waals surface area contributed by atoms with Crippen molar-refractivity contribution in [2.45, 2.75) is 32.7 Å². The number of hydrogen-bond acceptors (Lipinski definition) is 2. The molecule has 112 valence electrons. The molecular weight excluding hydrogens is 258 g/mol. The molecule has 1 aliphatic heterocycles. The van der Waals surface area contributed by atoms with Crippen molar-refractivity contribution in [3.8, 4) is 0 Å². The average molecular weight is 282 g/mol. The van der Waals surface area contributed by atoms with E-state index >= 15 is 0 Å². The third kappa shape index (κ3) is 4.53. The van der Waals surface area contributed by atoms with Gasteiger partial charge < -0.3 is 5.32 Å². The number of nitrogens with zero attached hydrogens (tertiary/aromatic N) is 1. The summed E-state index contributed by atoms with van der Waals surface area (Å²) in [6.07, 6.45) is 3.49. The second-order valence-electron chi connectivity index (χ2n) is 5.68. The minimum Gasteiger partial charge on any atom is -0.317 e. The molecule has 0 unspecified atom stereocenters. The molecule has 0 aliphatic carbocycles. The lowest BCUT2D eigenvalue weighted by atomic mass is 9.97. The number of nitrogens with one attached hydrogen (secondary N) is 1. The Hall–Kier alpha value is -1.00. The Kier molecular flexibility index (Phi) is 5.92. The Bertz CT molecular complexity index is 417. The van der Waals surface area contributed by atoms with Crippen molar-refractivity contribution in [1.82, 2.24) is 10.2 Å².